The van der Waals surface area contributed by atoms with Gasteiger partial charge in [-0.05, 0) is 6.07 Å². The number of nitro groups is 1. The molecule has 0 saturated carbocycles. The lowest BCUT2D eigenvalue weighted by molar-refractivity contribution is -0.387. The monoisotopic (exact) mass is 485 g/mol. The molecule has 0 spiro atoms. The number of hydrogen-bond acceptors (Lipinski definition) is 13. The molecule has 4 unspecified atom stereocenters. The second kappa shape index (κ2) is 10.8. The Morgan fingerprint density at radius 2 is 1.65 bits per heavy atom. The molecule has 186 valence electrons. The number of carbonyl (C=O) groups excluding carboxylic acids is 4. The first-order valence-corrected chi connectivity index (χ1v) is 9.70. The number of methoxy groups -OCH3 is 2. The van der Waals surface area contributed by atoms with Crippen molar-refractivity contribution in [2.24, 2.45) is 0 Å². The van der Waals surface area contributed by atoms with E-state index in [1.165, 1.54) is 13.2 Å². The lowest BCUT2D eigenvalue weighted by atomic mass is 9.95. The number of benzene rings is 1. The van der Waals surface area contributed by atoms with Gasteiger partial charge in [0.25, 0.3) is 0 Å². The number of carbonyl (C=O) groups is 4. The van der Waals surface area contributed by atoms with Crippen LogP contribution < -0.4 is 9.47 Å². The van der Waals surface area contributed by atoms with Crippen molar-refractivity contribution in [1.29, 1.82) is 0 Å². The zero-order valence-electron chi connectivity index (χ0n) is 18.9. The molecule has 0 amide bonds. The van der Waals surface area contributed by atoms with Gasteiger partial charge in [0.05, 0.1) is 25.7 Å². The van der Waals surface area contributed by atoms with Gasteiger partial charge in [-0.2, -0.15) is 0 Å². The van der Waals surface area contributed by atoms with Crippen molar-refractivity contribution in [2.75, 3.05) is 20.8 Å². The van der Waals surface area contributed by atoms with Crippen LogP contribution in [0.3, 0.4) is 0 Å². The summed E-state index contributed by atoms with van der Waals surface area (Å²) < 4.78 is 36.6. The molecule has 0 aliphatic carbocycles. The van der Waals surface area contributed by atoms with E-state index in [0.29, 0.717) is 0 Å². The summed E-state index contributed by atoms with van der Waals surface area (Å²) in [6, 6.07) is 3.42. The fraction of sp³-hybridized carbons (Fsp3) is 0.500. The molecule has 1 aromatic carbocycles. The van der Waals surface area contributed by atoms with Crippen molar-refractivity contribution < 1.29 is 57.3 Å². The van der Waals surface area contributed by atoms with Gasteiger partial charge in [0.2, 0.25) is 11.9 Å². The number of esters is 4. The number of ether oxygens (including phenoxy) is 7. The zero-order chi connectivity index (χ0) is 25.6. The van der Waals surface area contributed by atoms with Crippen LogP contribution in [0.5, 0.6) is 11.5 Å². The van der Waals surface area contributed by atoms with Crippen LogP contribution in [0.1, 0.15) is 20.8 Å². The second-order valence-electron chi connectivity index (χ2n) is 6.91. The lowest BCUT2D eigenvalue weighted by Crippen LogP contribution is -2.69. The number of nitrogens with zero attached hydrogens (tertiary/aromatic N) is 1. The summed E-state index contributed by atoms with van der Waals surface area (Å²) in [5, 5.41) is 11.6. The van der Waals surface area contributed by atoms with E-state index in [0.717, 1.165) is 40.0 Å². The fourth-order valence-corrected chi connectivity index (χ4v) is 3.23. The topological polar surface area (TPSA) is 176 Å². The average Bonchev–Trinajstić information content (AvgIpc) is 2.75. The summed E-state index contributed by atoms with van der Waals surface area (Å²) in [6.45, 7) is 2.49. The Balaban J connectivity index is 2.71. The van der Waals surface area contributed by atoms with Gasteiger partial charge in [0.1, 0.15) is 5.75 Å². The Morgan fingerprint density at radius 3 is 2.15 bits per heavy atom. The third-order valence-electron chi connectivity index (χ3n) is 4.51. The maximum absolute atomic E-state index is 13.0. The van der Waals surface area contributed by atoms with Gasteiger partial charge in [-0.15, -0.1) is 0 Å². The van der Waals surface area contributed by atoms with Crippen LogP contribution in [-0.2, 0) is 42.9 Å². The highest BCUT2D eigenvalue weighted by molar-refractivity contribution is 5.81. The predicted octanol–water partition coefficient (Wildman–Crippen LogP) is 0.677. The average molecular weight is 485 g/mol. The smallest absolute Gasteiger partial charge is 0.383 e. The van der Waals surface area contributed by atoms with Crippen molar-refractivity contribution in [3.8, 4) is 11.5 Å². The predicted molar refractivity (Wildman–Crippen MR) is 108 cm³/mol. The van der Waals surface area contributed by atoms with Crippen LogP contribution in [0.2, 0.25) is 0 Å². The van der Waals surface area contributed by atoms with Crippen molar-refractivity contribution >= 4 is 29.6 Å². The highest BCUT2D eigenvalue weighted by atomic mass is 16.8. The molecule has 0 aromatic heterocycles. The van der Waals surface area contributed by atoms with Crippen molar-refractivity contribution in [3.05, 3.63) is 28.3 Å². The molecule has 1 aliphatic heterocycles. The molecule has 0 radical (unpaired) electrons. The Kier molecular flexibility index (Phi) is 8.35. The number of hydrogen-bond donors (Lipinski definition) is 0. The van der Waals surface area contributed by atoms with Crippen molar-refractivity contribution in [2.45, 2.75) is 44.9 Å². The molecule has 14 nitrogen and oxygen atoms in total. The first-order chi connectivity index (χ1) is 15.9. The van der Waals surface area contributed by atoms with E-state index in [1.807, 2.05) is 0 Å². The van der Waals surface area contributed by atoms with E-state index in [-0.39, 0.29) is 5.75 Å². The third kappa shape index (κ3) is 5.70. The Hall–Kier alpha value is -3.94. The highest BCUT2D eigenvalue weighted by Crippen LogP contribution is 2.40. The zero-order valence-corrected chi connectivity index (χ0v) is 18.9. The Bertz CT molecular complexity index is 977. The maximum atomic E-state index is 13.0. The molecule has 4 atom stereocenters. The molecule has 0 N–H and O–H groups in total. The maximum Gasteiger partial charge on any atom is 0.383 e. The SMILES string of the molecule is COC(=O)C1(Oc2cc(OC)ccc2[N+](=O)[O-])OCC(OC(C)=O)C(OC(C)=O)C1OC(C)=O. The van der Waals surface area contributed by atoms with Gasteiger partial charge in [-0.3, -0.25) is 24.5 Å². The molecule has 1 heterocycles. The van der Waals surface area contributed by atoms with Gasteiger partial charge in [0, 0.05) is 32.9 Å². The van der Waals surface area contributed by atoms with Gasteiger partial charge >= 0.3 is 35.4 Å². The molecule has 1 fully saturated rings. The molecule has 2 rings (SSSR count). The summed E-state index contributed by atoms with van der Waals surface area (Å²) in [7, 11) is 2.25. The molecular formula is C20H23NO13. The lowest BCUT2D eigenvalue weighted by Gasteiger charge is -2.45. The third-order valence-corrected chi connectivity index (χ3v) is 4.51. The van der Waals surface area contributed by atoms with E-state index in [1.54, 1.807) is 0 Å². The number of rotatable bonds is 8. The van der Waals surface area contributed by atoms with E-state index in [4.69, 9.17) is 33.2 Å². The van der Waals surface area contributed by atoms with Crippen LogP contribution in [0, 0.1) is 10.1 Å². The molecular weight excluding hydrogens is 462 g/mol. The second-order valence-corrected chi connectivity index (χ2v) is 6.91. The summed E-state index contributed by atoms with van der Waals surface area (Å²) >= 11 is 0. The summed E-state index contributed by atoms with van der Waals surface area (Å²) in [6.07, 6.45) is -4.85. The molecule has 14 heteroatoms. The van der Waals surface area contributed by atoms with Crippen LogP contribution in [0.15, 0.2) is 18.2 Å². The van der Waals surface area contributed by atoms with E-state index >= 15 is 0 Å². The van der Waals surface area contributed by atoms with E-state index < -0.39 is 70.9 Å². The molecule has 1 aliphatic rings. The van der Waals surface area contributed by atoms with Gasteiger partial charge < -0.3 is 33.2 Å². The van der Waals surface area contributed by atoms with Gasteiger partial charge in [-0.25, -0.2) is 4.79 Å². The van der Waals surface area contributed by atoms with Crippen LogP contribution >= 0.6 is 0 Å². The van der Waals surface area contributed by atoms with Gasteiger partial charge in [-0.1, -0.05) is 0 Å². The quantitative estimate of drug-likeness (QED) is 0.217. The fourth-order valence-electron chi connectivity index (χ4n) is 3.23. The number of nitro benzene ring substituents is 1. The highest BCUT2D eigenvalue weighted by Gasteiger charge is 2.64. The van der Waals surface area contributed by atoms with Crippen molar-refractivity contribution in [1.82, 2.24) is 0 Å². The van der Waals surface area contributed by atoms with E-state index in [9.17, 15) is 29.3 Å². The first-order valence-electron chi connectivity index (χ1n) is 9.70. The minimum Gasteiger partial charge on any atom is -0.497 e. The van der Waals surface area contributed by atoms with E-state index in [2.05, 4.69) is 0 Å². The minimum atomic E-state index is -2.70. The minimum absolute atomic E-state index is 0.120. The molecule has 1 saturated heterocycles. The van der Waals surface area contributed by atoms with Crippen molar-refractivity contribution in [3.63, 3.8) is 0 Å². The van der Waals surface area contributed by atoms with Crippen LogP contribution in [0.4, 0.5) is 5.69 Å². The largest absolute Gasteiger partial charge is 0.497 e. The summed E-state index contributed by atoms with van der Waals surface area (Å²) in [4.78, 5) is 59.0. The molecule has 34 heavy (non-hydrogen) atoms. The van der Waals surface area contributed by atoms with Crippen LogP contribution in [0.25, 0.3) is 0 Å². The van der Waals surface area contributed by atoms with Gasteiger partial charge in [0.15, 0.2) is 12.2 Å². The van der Waals surface area contributed by atoms with Crippen LogP contribution in [-0.4, -0.2) is 73.7 Å². The normalized spacial score (nSPS) is 23.7. The molecule has 0 bridgehead atoms. The summed E-state index contributed by atoms with van der Waals surface area (Å²) in [5.41, 5.74) is -0.597. The first kappa shape index (κ1) is 26.3. The summed E-state index contributed by atoms with van der Waals surface area (Å²) in [5.74, 6) is -7.02. The Morgan fingerprint density at radius 1 is 1.03 bits per heavy atom. The standard InChI is InChI=1S/C20H23NO13/c1-10(22)31-16-9-30-20(19(25)29-5,18(33-12(3)24)17(16)32-11(2)23)34-15-8-13(28-4)6-7-14(15)21(26)27/h6-8,16-18H,9H2,1-5H3. The Labute approximate surface area is 193 Å². The molecule has 1 aromatic rings.